The van der Waals surface area contributed by atoms with Crippen molar-refractivity contribution in [3.63, 3.8) is 0 Å². The molecule has 3 aromatic rings. The zero-order valence-corrected chi connectivity index (χ0v) is 20.2. The van der Waals surface area contributed by atoms with E-state index in [1.54, 1.807) is 30.5 Å². The van der Waals surface area contributed by atoms with Crippen molar-refractivity contribution in [1.82, 2.24) is 4.98 Å². The Morgan fingerprint density at radius 3 is 2.18 bits per heavy atom. The number of oxazole rings is 1. The molecule has 33 heavy (non-hydrogen) atoms. The first kappa shape index (κ1) is 25.1. The second-order valence-electron chi connectivity index (χ2n) is 8.58. The number of nitrogens with zero attached hydrogens (tertiary/aromatic N) is 1. The van der Waals surface area contributed by atoms with E-state index in [-0.39, 0.29) is 0 Å². The number of carboxylic acids is 1. The molecule has 0 aliphatic heterocycles. The number of carboxylic acid groups (broad SMARTS) is 1. The molecule has 0 radical (unpaired) electrons. The van der Waals surface area contributed by atoms with E-state index >= 15 is 0 Å². The summed E-state index contributed by atoms with van der Waals surface area (Å²) in [5.74, 6) is -0.419. The first-order valence-electron chi connectivity index (χ1n) is 12.1. The van der Waals surface area contributed by atoms with Crippen molar-refractivity contribution in [2.24, 2.45) is 0 Å². The van der Waals surface area contributed by atoms with Crippen LogP contribution in [-0.2, 0) is 4.79 Å². The highest BCUT2D eigenvalue weighted by Gasteiger charge is 2.30. The fourth-order valence-electron chi connectivity index (χ4n) is 4.08. The van der Waals surface area contributed by atoms with Gasteiger partial charge < -0.3 is 13.9 Å². The number of benzene rings is 1. The van der Waals surface area contributed by atoms with Gasteiger partial charge in [0, 0.05) is 10.6 Å². The van der Waals surface area contributed by atoms with Gasteiger partial charge in [-0.2, -0.15) is 0 Å². The minimum absolute atomic E-state index is 0.363. The Bertz CT molecular complexity index is 963. The van der Waals surface area contributed by atoms with E-state index in [0.29, 0.717) is 34.5 Å². The van der Waals surface area contributed by atoms with E-state index in [1.165, 1.54) is 44.9 Å². The van der Waals surface area contributed by atoms with Gasteiger partial charge >= 0.3 is 5.97 Å². The molecule has 1 atom stereocenters. The summed E-state index contributed by atoms with van der Waals surface area (Å²) in [5, 5.41) is 10.6. The summed E-state index contributed by atoms with van der Waals surface area (Å²) in [4.78, 5) is 16.8. The van der Waals surface area contributed by atoms with E-state index in [0.717, 1.165) is 24.8 Å². The summed E-state index contributed by atoms with van der Waals surface area (Å²) in [6.45, 7) is 2.24. The Labute approximate surface area is 201 Å². The number of hydrogen-bond donors (Lipinski definition) is 1. The Kier molecular flexibility index (Phi) is 10.1. The monoisotopic (exact) mass is 471 g/mol. The lowest BCUT2D eigenvalue weighted by Gasteiger charge is -2.10. The summed E-state index contributed by atoms with van der Waals surface area (Å²) in [6, 6.07) is 10.6. The smallest absolute Gasteiger partial charge is 0.312 e. The van der Waals surface area contributed by atoms with E-state index in [4.69, 9.17) is 20.4 Å². The fraction of sp³-hybridized carbons (Fsp3) is 0.481. The average molecular weight is 472 g/mol. The van der Waals surface area contributed by atoms with Crippen molar-refractivity contribution in [3.05, 3.63) is 53.4 Å². The number of halogens is 1. The molecule has 1 unspecified atom stereocenters. The lowest BCUT2D eigenvalue weighted by atomic mass is 9.95. The number of aromatic nitrogens is 1. The van der Waals surface area contributed by atoms with E-state index in [9.17, 15) is 9.90 Å². The van der Waals surface area contributed by atoms with Crippen LogP contribution in [0.2, 0.25) is 5.02 Å². The van der Waals surface area contributed by atoms with Crippen LogP contribution in [-0.4, -0.2) is 16.1 Å². The molecule has 0 saturated heterocycles. The highest BCUT2D eigenvalue weighted by atomic mass is 35.5. The summed E-state index contributed by atoms with van der Waals surface area (Å²) in [7, 11) is 0. The van der Waals surface area contributed by atoms with Crippen molar-refractivity contribution >= 4 is 17.6 Å². The summed E-state index contributed by atoms with van der Waals surface area (Å²) >= 11 is 6.00. The summed E-state index contributed by atoms with van der Waals surface area (Å²) in [5.41, 5.74) is 1.15. The summed E-state index contributed by atoms with van der Waals surface area (Å²) in [6.07, 6.45) is 14.1. The number of unbranched alkanes of at least 4 members (excludes halogenated alkanes) is 9. The van der Waals surface area contributed by atoms with Crippen LogP contribution in [0.5, 0.6) is 0 Å². The molecule has 0 saturated carbocycles. The number of aliphatic carboxylic acids is 1. The predicted molar refractivity (Wildman–Crippen MR) is 131 cm³/mol. The van der Waals surface area contributed by atoms with Gasteiger partial charge in [-0.3, -0.25) is 4.79 Å². The van der Waals surface area contributed by atoms with Gasteiger partial charge in [0.2, 0.25) is 5.89 Å². The van der Waals surface area contributed by atoms with Gasteiger partial charge in [-0.25, -0.2) is 4.98 Å². The third-order valence-corrected chi connectivity index (χ3v) is 6.22. The molecular weight excluding hydrogens is 438 g/mol. The van der Waals surface area contributed by atoms with Crippen LogP contribution < -0.4 is 0 Å². The molecule has 0 spiro atoms. The first-order chi connectivity index (χ1) is 16.1. The van der Waals surface area contributed by atoms with Gasteiger partial charge in [-0.05, 0) is 42.8 Å². The Balaban J connectivity index is 1.63. The minimum Gasteiger partial charge on any atom is -0.481 e. The van der Waals surface area contributed by atoms with E-state index in [2.05, 4.69) is 11.9 Å². The molecule has 0 aliphatic rings. The molecule has 3 rings (SSSR count). The van der Waals surface area contributed by atoms with Crippen molar-refractivity contribution < 1.29 is 18.7 Å². The van der Waals surface area contributed by atoms with Gasteiger partial charge in [-0.15, -0.1) is 0 Å². The van der Waals surface area contributed by atoms with Gasteiger partial charge in [0.25, 0.3) is 0 Å². The van der Waals surface area contributed by atoms with Crippen molar-refractivity contribution in [2.45, 2.75) is 83.5 Å². The van der Waals surface area contributed by atoms with E-state index < -0.39 is 11.9 Å². The SMILES string of the molecule is CCCCCCCCCCCCC(C(=O)O)c1nc(-c2ccc(Cl)cc2)oc1-c1ccco1. The van der Waals surface area contributed by atoms with Crippen LogP contribution >= 0.6 is 11.6 Å². The fourth-order valence-corrected chi connectivity index (χ4v) is 4.21. The molecule has 0 bridgehead atoms. The summed E-state index contributed by atoms with van der Waals surface area (Å²) < 4.78 is 11.5. The Morgan fingerprint density at radius 1 is 0.970 bits per heavy atom. The molecule has 6 heteroatoms. The van der Waals surface area contributed by atoms with Crippen molar-refractivity contribution in [1.29, 1.82) is 0 Å². The molecule has 178 valence electrons. The molecule has 5 nitrogen and oxygen atoms in total. The molecular formula is C27H34ClNO4. The van der Waals surface area contributed by atoms with E-state index in [1.807, 2.05) is 12.1 Å². The maximum atomic E-state index is 12.2. The van der Waals surface area contributed by atoms with Crippen LogP contribution in [0.1, 0.15) is 89.2 Å². The van der Waals surface area contributed by atoms with Gasteiger partial charge in [0.15, 0.2) is 11.5 Å². The Morgan fingerprint density at radius 2 is 1.61 bits per heavy atom. The normalized spacial score (nSPS) is 12.2. The molecule has 0 fully saturated rings. The molecule has 2 aromatic heterocycles. The van der Waals surface area contributed by atoms with Crippen LogP contribution in [0.25, 0.3) is 23.0 Å². The third-order valence-electron chi connectivity index (χ3n) is 5.96. The lowest BCUT2D eigenvalue weighted by Crippen LogP contribution is -2.13. The molecule has 1 N–H and O–H groups in total. The second kappa shape index (κ2) is 13.2. The molecule has 2 heterocycles. The quantitative estimate of drug-likeness (QED) is 0.224. The van der Waals surface area contributed by atoms with Crippen LogP contribution in [0.4, 0.5) is 0 Å². The van der Waals surface area contributed by atoms with Gasteiger partial charge in [0.05, 0.1) is 6.26 Å². The number of carbonyl (C=O) groups is 1. The number of rotatable bonds is 15. The number of hydrogen-bond acceptors (Lipinski definition) is 4. The second-order valence-corrected chi connectivity index (χ2v) is 9.02. The predicted octanol–water partition coefficient (Wildman–Crippen LogP) is 8.73. The maximum Gasteiger partial charge on any atom is 0.312 e. The van der Waals surface area contributed by atoms with Gasteiger partial charge in [-0.1, -0.05) is 82.7 Å². The minimum atomic E-state index is -0.894. The molecule has 0 aliphatic carbocycles. The first-order valence-corrected chi connectivity index (χ1v) is 12.5. The largest absolute Gasteiger partial charge is 0.481 e. The maximum absolute atomic E-state index is 12.2. The topological polar surface area (TPSA) is 76.5 Å². The van der Waals surface area contributed by atoms with Gasteiger partial charge in [0.1, 0.15) is 11.6 Å². The van der Waals surface area contributed by atoms with Crippen LogP contribution in [0.15, 0.2) is 51.5 Å². The standard InChI is InChI=1S/C27H34ClNO4/c1-2-3-4-5-6-7-8-9-10-11-13-22(27(30)31)24-25(23-14-12-19-32-23)33-26(29-24)20-15-17-21(28)18-16-20/h12,14-19,22H,2-11,13H2,1H3,(H,30,31). The van der Waals surface area contributed by atoms with Crippen molar-refractivity contribution in [3.8, 4) is 23.0 Å². The zero-order chi connectivity index (χ0) is 23.5. The molecule has 0 amide bonds. The van der Waals surface area contributed by atoms with Crippen LogP contribution in [0.3, 0.4) is 0 Å². The number of furan rings is 1. The average Bonchev–Trinajstić information content (AvgIpc) is 3.48. The lowest BCUT2D eigenvalue weighted by molar-refractivity contribution is -0.139. The third kappa shape index (κ3) is 7.50. The van der Waals surface area contributed by atoms with Crippen LogP contribution in [0, 0.1) is 0 Å². The highest BCUT2D eigenvalue weighted by Crippen LogP contribution is 2.36. The highest BCUT2D eigenvalue weighted by molar-refractivity contribution is 6.30. The zero-order valence-electron chi connectivity index (χ0n) is 19.4. The molecule has 1 aromatic carbocycles. The Hall–Kier alpha value is -2.53. The van der Waals surface area contributed by atoms with Crippen molar-refractivity contribution in [2.75, 3.05) is 0 Å².